The molecule has 4 N–H and O–H groups in total. The van der Waals surface area contributed by atoms with Crippen LogP contribution >= 0.6 is 11.6 Å². The van der Waals surface area contributed by atoms with Crippen LogP contribution in [0.25, 0.3) is 0 Å². The molecule has 9 heteroatoms. The molecule has 8 nitrogen and oxygen atoms in total. The lowest BCUT2D eigenvalue weighted by atomic mass is 10.2. The van der Waals surface area contributed by atoms with Crippen LogP contribution in [0.5, 0.6) is 5.75 Å². The Bertz CT molecular complexity index is 498. The fourth-order valence-corrected chi connectivity index (χ4v) is 1.13. The predicted octanol–water partition coefficient (Wildman–Crippen LogP) is 0.143. The van der Waals surface area contributed by atoms with Crippen molar-refractivity contribution < 1.29 is 39.5 Å². The summed E-state index contributed by atoms with van der Waals surface area (Å²) in [6.07, 6.45) is -4.53. The minimum atomic E-state index is -2.27. The summed E-state index contributed by atoms with van der Waals surface area (Å²) >= 11 is 5.69. The normalized spacial score (nSPS) is 12.4. The molecule has 0 amide bonds. The van der Waals surface area contributed by atoms with Gasteiger partial charge in [0, 0.05) is 6.92 Å². The SMILES string of the molecule is CC(=O)Oc1ccccc1Cl.O=C(O)C(O)C(O)C(=O)O. The molecule has 0 bridgehead atoms. The van der Waals surface area contributed by atoms with E-state index < -0.39 is 24.1 Å². The lowest BCUT2D eigenvalue weighted by Crippen LogP contribution is -2.39. The van der Waals surface area contributed by atoms with Crippen LogP contribution in [-0.4, -0.2) is 50.5 Å². The number of carbonyl (C=O) groups is 3. The molecule has 116 valence electrons. The summed E-state index contributed by atoms with van der Waals surface area (Å²) in [6, 6.07) is 6.84. The summed E-state index contributed by atoms with van der Waals surface area (Å²) in [5.41, 5.74) is 0. The third kappa shape index (κ3) is 7.25. The molecule has 2 atom stereocenters. The Morgan fingerprint density at radius 2 is 1.48 bits per heavy atom. The van der Waals surface area contributed by atoms with Crippen molar-refractivity contribution in [2.75, 3.05) is 0 Å². The van der Waals surface area contributed by atoms with Crippen LogP contribution in [0, 0.1) is 0 Å². The molecule has 0 aliphatic heterocycles. The van der Waals surface area contributed by atoms with Crippen molar-refractivity contribution in [1.82, 2.24) is 0 Å². The summed E-state index contributed by atoms with van der Waals surface area (Å²) in [4.78, 5) is 30.0. The lowest BCUT2D eigenvalue weighted by Gasteiger charge is -2.07. The summed E-state index contributed by atoms with van der Waals surface area (Å²) in [5, 5.41) is 33.0. The Hall–Kier alpha value is -2.16. The standard InChI is InChI=1S/C8H7ClO2.C4H6O6/c1-6(10)11-8-5-3-2-4-7(8)9;5-1(3(7)8)2(6)4(9)10/h2-5H,1H3;1-2,5-6H,(H,7,8)(H,9,10). The summed E-state index contributed by atoms with van der Waals surface area (Å²) in [5.74, 6) is -3.50. The average molecular weight is 321 g/mol. The van der Waals surface area contributed by atoms with Gasteiger partial charge in [-0.2, -0.15) is 0 Å². The molecule has 0 saturated carbocycles. The molecule has 0 aromatic heterocycles. The molecule has 2 unspecified atom stereocenters. The molecule has 1 aromatic rings. The van der Waals surface area contributed by atoms with E-state index in [9.17, 15) is 14.4 Å². The van der Waals surface area contributed by atoms with E-state index in [1.807, 2.05) is 0 Å². The maximum Gasteiger partial charge on any atom is 0.335 e. The molecule has 0 heterocycles. The predicted molar refractivity (Wildman–Crippen MR) is 70.0 cm³/mol. The van der Waals surface area contributed by atoms with Gasteiger partial charge in [0.25, 0.3) is 0 Å². The highest BCUT2D eigenvalue weighted by Gasteiger charge is 2.29. The second kappa shape index (κ2) is 8.90. The van der Waals surface area contributed by atoms with Crippen molar-refractivity contribution in [2.24, 2.45) is 0 Å². The molecule has 1 rings (SSSR count). The number of carboxylic acid groups (broad SMARTS) is 2. The second-order valence-electron chi connectivity index (χ2n) is 3.59. The van der Waals surface area contributed by atoms with Crippen molar-refractivity contribution in [3.63, 3.8) is 0 Å². The fraction of sp³-hybridized carbons (Fsp3) is 0.250. The van der Waals surface area contributed by atoms with E-state index in [0.717, 1.165) is 0 Å². The average Bonchev–Trinajstić information content (AvgIpc) is 2.39. The number of halogens is 1. The first-order valence-corrected chi connectivity index (χ1v) is 5.79. The lowest BCUT2D eigenvalue weighted by molar-refractivity contribution is -0.165. The molecular formula is C12H13ClO8. The van der Waals surface area contributed by atoms with Crippen molar-refractivity contribution in [3.05, 3.63) is 29.3 Å². The number of carboxylic acids is 2. The molecule has 0 aliphatic carbocycles. The molecule has 21 heavy (non-hydrogen) atoms. The van der Waals surface area contributed by atoms with Crippen LogP contribution in [0.2, 0.25) is 5.02 Å². The van der Waals surface area contributed by atoms with Crippen LogP contribution in [0.4, 0.5) is 0 Å². The number of aliphatic hydroxyl groups is 2. The monoisotopic (exact) mass is 320 g/mol. The summed E-state index contributed by atoms with van der Waals surface area (Å²) in [7, 11) is 0. The third-order valence-electron chi connectivity index (χ3n) is 1.90. The number of esters is 1. The number of aliphatic carboxylic acids is 2. The van der Waals surface area contributed by atoms with Gasteiger partial charge < -0.3 is 25.2 Å². The first kappa shape index (κ1) is 18.8. The maximum atomic E-state index is 10.5. The topological polar surface area (TPSA) is 141 Å². The Balaban J connectivity index is 0.000000384. The Morgan fingerprint density at radius 3 is 1.81 bits per heavy atom. The van der Waals surface area contributed by atoms with Crippen LogP contribution in [0.1, 0.15) is 6.92 Å². The Morgan fingerprint density at radius 1 is 1.05 bits per heavy atom. The molecule has 1 aromatic carbocycles. The molecule has 0 radical (unpaired) electrons. The number of benzene rings is 1. The van der Waals surface area contributed by atoms with E-state index in [2.05, 4.69) is 0 Å². The van der Waals surface area contributed by atoms with Crippen LogP contribution in [-0.2, 0) is 14.4 Å². The summed E-state index contributed by atoms with van der Waals surface area (Å²) < 4.78 is 4.77. The van der Waals surface area contributed by atoms with Gasteiger partial charge in [-0.05, 0) is 12.1 Å². The Labute approximate surface area is 124 Å². The highest BCUT2D eigenvalue weighted by molar-refractivity contribution is 6.32. The van der Waals surface area contributed by atoms with Gasteiger partial charge in [0.1, 0.15) is 5.75 Å². The van der Waals surface area contributed by atoms with Gasteiger partial charge in [0.15, 0.2) is 12.2 Å². The van der Waals surface area contributed by atoms with Gasteiger partial charge in [0.05, 0.1) is 5.02 Å². The van der Waals surface area contributed by atoms with Gasteiger partial charge in [-0.25, -0.2) is 9.59 Å². The molecule has 0 saturated heterocycles. The fourth-order valence-electron chi connectivity index (χ4n) is 0.952. The zero-order chi connectivity index (χ0) is 16.6. The molecule has 0 aliphatic rings. The second-order valence-corrected chi connectivity index (χ2v) is 4.00. The summed E-state index contributed by atoms with van der Waals surface area (Å²) in [6.45, 7) is 1.34. The molecular weight excluding hydrogens is 308 g/mol. The van der Waals surface area contributed by atoms with Crippen LogP contribution in [0.3, 0.4) is 0 Å². The first-order valence-electron chi connectivity index (χ1n) is 5.41. The number of carbonyl (C=O) groups excluding carboxylic acids is 1. The zero-order valence-corrected chi connectivity index (χ0v) is 11.5. The van der Waals surface area contributed by atoms with Crippen molar-refractivity contribution in [1.29, 1.82) is 0 Å². The number of hydrogen-bond donors (Lipinski definition) is 4. The third-order valence-corrected chi connectivity index (χ3v) is 2.21. The van der Waals surface area contributed by atoms with Crippen LogP contribution in [0.15, 0.2) is 24.3 Å². The van der Waals surface area contributed by atoms with Gasteiger partial charge in [0.2, 0.25) is 0 Å². The van der Waals surface area contributed by atoms with Gasteiger partial charge in [-0.1, -0.05) is 23.7 Å². The maximum absolute atomic E-state index is 10.5. The van der Waals surface area contributed by atoms with Gasteiger partial charge in [-0.15, -0.1) is 0 Å². The van der Waals surface area contributed by atoms with E-state index in [1.165, 1.54) is 6.92 Å². The largest absolute Gasteiger partial charge is 0.479 e. The van der Waals surface area contributed by atoms with E-state index in [4.69, 9.17) is 36.8 Å². The van der Waals surface area contributed by atoms with Crippen molar-refractivity contribution >= 4 is 29.5 Å². The van der Waals surface area contributed by atoms with E-state index in [-0.39, 0.29) is 5.97 Å². The smallest absolute Gasteiger partial charge is 0.335 e. The van der Waals surface area contributed by atoms with Crippen molar-refractivity contribution in [2.45, 2.75) is 19.1 Å². The quantitative estimate of drug-likeness (QED) is 0.453. The highest BCUT2D eigenvalue weighted by Crippen LogP contribution is 2.22. The molecule has 0 fully saturated rings. The Kier molecular flexibility index (Phi) is 7.99. The van der Waals surface area contributed by atoms with E-state index in [0.29, 0.717) is 10.8 Å². The van der Waals surface area contributed by atoms with E-state index >= 15 is 0 Å². The number of aliphatic hydroxyl groups excluding tert-OH is 2. The van der Waals surface area contributed by atoms with E-state index in [1.54, 1.807) is 24.3 Å². The minimum absolute atomic E-state index is 0.363. The number of hydrogen-bond acceptors (Lipinski definition) is 6. The highest BCUT2D eigenvalue weighted by atomic mass is 35.5. The number of rotatable bonds is 4. The van der Waals surface area contributed by atoms with Gasteiger partial charge >= 0.3 is 17.9 Å². The number of para-hydroxylation sites is 1. The van der Waals surface area contributed by atoms with Crippen molar-refractivity contribution in [3.8, 4) is 5.75 Å². The number of ether oxygens (including phenoxy) is 1. The van der Waals surface area contributed by atoms with Gasteiger partial charge in [-0.3, -0.25) is 4.79 Å². The molecule has 0 spiro atoms. The minimum Gasteiger partial charge on any atom is -0.479 e. The first-order chi connectivity index (χ1) is 9.66. The van der Waals surface area contributed by atoms with Crippen LogP contribution < -0.4 is 4.74 Å². The zero-order valence-electron chi connectivity index (χ0n) is 10.8.